The normalized spacial score (nSPS) is 23.9. The van der Waals surface area contributed by atoms with Crippen LogP contribution in [-0.4, -0.2) is 48.1 Å². The van der Waals surface area contributed by atoms with Crippen LogP contribution in [0.25, 0.3) is 0 Å². The van der Waals surface area contributed by atoms with Gasteiger partial charge in [-0.2, -0.15) is 4.31 Å². The van der Waals surface area contributed by atoms with Gasteiger partial charge >= 0.3 is 5.97 Å². The highest BCUT2D eigenvalue weighted by Crippen LogP contribution is 2.27. The van der Waals surface area contributed by atoms with Crippen LogP contribution >= 0.6 is 0 Å². The summed E-state index contributed by atoms with van der Waals surface area (Å²) in [7, 11) is -3.92. The fourth-order valence-corrected chi connectivity index (χ4v) is 4.11. The molecule has 0 saturated carbocycles. The molecule has 1 saturated heterocycles. The molecule has 1 heterocycles. The van der Waals surface area contributed by atoms with E-state index in [-0.39, 0.29) is 35.2 Å². The van der Waals surface area contributed by atoms with Gasteiger partial charge in [0.25, 0.3) is 0 Å². The summed E-state index contributed by atoms with van der Waals surface area (Å²) in [4.78, 5) is 11.0. The zero-order valence-electron chi connectivity index (χ0n) is 11.6. The van der Waals surface area contributed by atoms with E-state index in [9.17, 15) is 18.3 Å². The third-order valence-corrected chi connectivity index (χ3v) is 5.60. The molecule has 1 fully saturated rings. The molecular weight excluding hydrogens is 296 g/mol. The SMILES string of the molecule is CC1CN(S(=O)(=O)c2ccc(N)cc2C(=O)O)CCC1O. The second-order valence-corrected chi connectivity index (χ2v) is 7.16. The van der Waals surface area contributed by atoms with E-state index in [0.29, 0.717) is 6.42 Å². The summed E-state index contributed by atoms with van der Waals surface area (Å²) in [5.41, 5.74) is 5.37. The van der Waals surface area contributed by atoms with E-state index in [4.69, 9.17) is 10.8 Å². The highest BCUT2D eigenvalue weighted by molar-refractivity contribution is 7.89. The van der Waals surface area contributed by atoms with E-state index in [0.717, 1.165) is 6.07 Å². The number of carbonyl (C=O) groups is 1. The monoisotopic (exact) mass is 314 g/mol. The van der Waals surface area contributed by atoms with Crippen molar-refractivity contribution in [2.75, 3.05) is 18.8 Å². The standard InChI is InChI=1S/C13H18N2O5S/c1-8-7-15(5-4-11(8)16)21(19,20)12-3-2-9(14)6-10(12)13(17)18/h2-3,6,8,11,16H,4-5,7,14H2,1H3,(H,17,18). The van der Waals surface area contributed by atoms with Crippen LogP contribution in [0.5, 0.6) is 0 Å². The topological polar surface area (TPSA) is 121 Å². The van der Waals surface area contributed by atoms with Crippen LogP contribution in [0.1, 0.15) is 23.7 Å². The number of carboxylic acid groups (broad SMARTS) is 1. The van der Waals surface area contributed by atoms with Gasteiger partial charge in [-0.15, -0.1) is 0 Å². The lowest BCUT2D eigenvalue weighted by Crippen LogP contribution is -2.45. The van der Waals surface area contributed by atoms with Crippen molar-refractivity contribution in [3.63, 3.8) is 0 Å². The van der Waals surface area contributed by atoms with Gasteiger partial charge in [0.05, 0.1) is 16.6 Å². The molecular formula is C13H18N2O5S. The summed E-state index contributed by atoms with van der Waals surface area (Å²) in [5, 5.41) is 18.8. The number of piperidine rings is 1. The summed E-state index contributed by atoms with van der Waals surface area (Å²) < 4.78 is 26.4. The smallest absolute Gasteiger partial charge is 0.337 e. The summed E-state index contributed by atoms with van der Waals surface area (Å²) in [5.74, 6) is -1.54. The molecule has 0 bridgehead atoms. The van der Waals surface area contributed by atoms with Gasteiger partial charge in [-0.3, -0.25) is 0 Å². The quantitative estimate of drug-likeness (QED) is 0.693. The molecule has 2 unspecified atom stereocenters. The molecule has 1 aliphatic rings. The zero-order valence-corrected chi connectivity index (χ0v) is 12.4. The minimum atomic E-state index is -3.92. The molecule has 0 radical (unpaired) electrons. The van der Waals surface area contributed by atoms with Crippen LogP contribution in [0.3, 0.4) is 0 Å². The Morgan fingerprint density at radius 2 is 2.10 bits per heavy atom. The Morgan fingerprint density at radius 3 is 2.67 bits per heavy atom. The third-order valence-electron chi connectivity index (χ3n) is 3.67. The van der Waals surface area contributed by atoms with Crippen molar-refractivity contribution in [1.82, 2.24) is 4.31 Å². The molecule has 4 N–H and O–H groups in total. The van der Waals surface area contributed by atoms with E-state index < -0.39 is 22.1 Å². The number of aliphatic hydroxyl groups is 1. The molecule has 0 aliphatic carbocycles. The van der Waals surface area contributed by atoms with Gasteiger partial charge in [0, 0.05) is 18.8 Å². The number of benzene rings is 1. The van der Waals surface area contributed by atoms with E-state index in [1.165, 1.54) is 16.4 Å². The van der Waals surface area contributed by atoms with Crippen LogP contribution in [0.2, 0.25) is 0 Å². The van der Waals surface area contributed by atoms with Gasteiger partial charge in [0.15, 0.2) is 0 Å². The molecule has 2 atom stereocenters. The van der Waals surface area contributed by atoms with E-state index in [2.05, 4.69) is 0 Å². The Hall–Kier alpha value is -1.64. The lowest BCUT2D eigenvalue weighted by Gasteiger charge is -2.33. The van der Waals surface area contributed by atoms with Crippen molar-refractivity contribution in [3.8, 4) is 0 Å². The van der Waals surface area contributed by atoms with E-state index in [1.807, 2.05) is 0 Å². The van der Waals surface area contributed by atoms with Crippen molar-refractivity contribution in [3.05, 3.63) is 23.8 Å². The lowest BCUT2D eigenvalue weighted by molar-refractivity contribution is 0.0624. The average molecular weight is 314 g/mol. The number of nitrogens with two attached hydrogens (primary N) is 1. The molecule has 8 heteroatoms. The van der Waals surface area contributed by atoms with Crippen molar-refractivity contribution in [2.24, 2.45) is 5.92 Å². The lowest BCUT2D eigenvalue weighted by atomic mass is 9.99. The number of aliphatic hydroxyl groups excluding tert-OH is 1. The predicted molar refractivity (Wildman–Crippen MR) is 76.4 cm³/mol. The fraction of sp³-hybridized carbons (Fsp3) is 0.462. The van der Waals surface area contributed by atoms with Crippen LogP contribution in [0, 0.1) is 5.92 Å². The first-order chi connectivity index (χ1) is 9.73. The maximum absolute atomic E-state index is 12.6. The maximum atomic E-state index is 12.6. The van der Waals surface area contributed by atoms with Gasteiger partial charge in [0.1, 0.15) is 0 Å². The summed E-state index contributed by atoms with van der Waals surface area (Å²) in [6.45, 7) is 2.08. The minimum Gasteiger partial charge on any atom is -0.478 e. The number of hydrogen-bond acceptors (Lipinski definition) is 5. The predicted octanol–water partition coefficient (Wildman–Crippen LogP) is 0.358. The first kappa shape index (κ1) is 15.7. The number of sulfonamides is 1. The average Bonchev–Trinajstić information content (AvgIpc) is 2.41. The second kappa shape index (κ2) is 5.63. The molecule has 116 valence electrons. The molecule has 1 aromatic carbocycles. The number of nitrogen functional groups attached to an aromatic ring is 1. The van der Waals surface area contributed by atoms with Gasteiger partial charge in [0.2, 0.25) is 10.0 Å². The Morgan fingerprint density at radius 1 is 1.43 bits per heavy atom. The van der Waals surface area contributed by atoms with Crippen molar-refractivity contribution in [1.29, 1.82) is 0 Å². The van der Waals surface area contributed by atoms with Crippen molar-refractivity contribution >= 4 is 21.7 Å². The van der Waals surface area contributed by atoms with Gasteiger partial charge in [-0.25, -0.2) is 13.2 Å². The van der Waals surface area contributed by atoms with Crippen molar-refractivity contribution in [2.45, 2.75) is 24.3 Å². The largest absolute Gasteiger partial charge is 0.478 e. The molecule has 7 nitrogen and oxygen atoms in total. The van der Waals surface area contributed by atoms with Crippen LogP contribution in [0.15, 0.2) is 23.1 Å². The first-order valence-corrected chi connectivity index (χ1v) is 7.98. The number of hydrogen-bond donors (Lipinski definition) is 3. The number of nitrogens with zero attached hydrogens (tertiary/aromatic N) is 1. The van der Waals surface area contributed by atoms with Gasteiger partial charge in [-0.05, 0) is 30.5 Å². The number of carboxylic acids is 1. The summed E-state index contributed by atoms with van der Waals surface area (Å²) in [6, 6.07) is 3.71. The Labute approximate surface area is 123 Å². The molecule has 1 aromatic rings. The number of rotatable bonds is 3. The number of anilines is 1. The highest BCUT2D eigenvalue weighted by atomic mass is 32.2. The second-order valence-electron chi connectivity index (χ2n) is 5.26. The van der Waals surface area contributed by atoms with Crippen LogP contribution in [0.4, 0.5) is 5.69 Å². The Bertz CT molecular complexity index is 659. The highest BCUT2D eigenvalue weighted by Gasteiger charge is 2.34. The first-order valence-electron chi connectivity index (χ1n) is 6.54. The van der Waals surface area contributed by atoms with Gasteiger partial charge < -0.3 is 15.9 Å². The van der Waals surface area contributed by atoms with Crippen LogP contribution < -0.4 is 5.73 Å². The Balaban J connectivity index is 2.43. The minimum absolute atomic E-state index is 0.160. The summed E-state index contributed by atoms with van der Waals surface area (Å²) in [6.07, 6.45) is -0.209. The van der Waals surface area contributed by atoms with Crippen LogP contribution in [-0.2, 0) is 10.0 Å². The fourth-order valence-electron chi connectivity index (χ4n) is 2.39. The molecule has 0 spiro atoms. The molecule has 21 heavy (non-hydrogen) atoms. The third kappa shape index (κ3) is 3.02. The Kier molecular flexibility index (Phi) is 4.22. The molecule has 0 aromatic heterocycles. The number of aromatic carboxylic acids is 1. The molecule has 2 rings (SSSR count). The maximum Gasteiger partial charge on any atom is 0.337 e. The molecule has 0 amide bonds. The van der Waals surface area contributed by atoms with Gasteiger partial charge in [-0.1, -0.05) is 6.92 Å². The summed E-state index contributed by atoms with van der Waals surface area (Å²) >= 11 is 0. The van der Waals surface area contributed by atoms with Crippen molar-refractivity contribution < 1.29 is 23.4 Å². The van der Waals surface area contributed by atoms with E-state index in [1.54, 1.807) is 6.92 Å². The van der Waals surface area contributed by atoms with E-state index >= 15 is 0 Å². The molecule has 1 aliphatic heterocycles. The zero-order chi connectivity index (χ0) is 15.8.